The minimum absolute atomic E-state index is 0.159. The maximum Gasteiger partial charge on any atom is 0.359 e. The fourth-order valence-electron chi connectivity index (χ4n) is 1.75. The molecule has 0 aliphatic heterocycles. The Morgan fingerprint density at radius 3 is 3.00 bits per heavy atom. The van der Waals surface area contributed by atoms with Crippen LogP contribution in [0.2, 0.25) is 5.02 Å². The van der Waals surface area contributed by atoms with Gasteiger partial charge in [0.25, 0.3) is 0 Å². The molecule has 4 nitrogen and oxygen atoms in total. The Balaban J connectivity index is 2.01. The number of aryl methyl sites for hydroxylation is 1. The van der Waals surface area contributed by atoms with Crippen molar-refractivity contribution < 1.29 is 13.9 Å². The number of rotatable bonds is 5. The summed E-state index contributed by atoms with van der Waals surface area (Å²) in [4.78, 5) is 11.8. The van der Waals surface area contributed by atoms with Gasteiger partial charge in [-0.15, -0.1) is 0 Å². The number of aromatic nitrogens is 2. The van der Waals surface area contributed by atoms with Crippen molar-refractivity contribution in [2.75, 3.05) is 0 Å². The van der Waals surface area contributed by atoms with Gasteiger partial charge < -0.3 is 4.74 Å². The first-order valence-corrected chi connectivity index (χ1v) is 6.64. The van der Waals surface area contributed by atoms with Gasteiger partial charge in [-0.25, -0.2) is 9.18 Å². The zero-order valence-electron chi connectivity index (χ0n) is 11.0. The average Bonchev–Trinajstić information content (AvgIpc) is 2.87. The van der Waals surface area contributed by atoms with Gasteiger partial charge in [0.1, 0.15) is 12.4 Å². The topological polar surface area (TPSA) is 55.0 Å². The number of nitrogens with zero attached hydrogens (tertiary/aromatic N) is 1. The molecule has 0 radical (unpaired) electrons. The number of aromatic amines is 1. The molecule has 20 heavy (non-hydrogen) atoms. The van der Waals surface area contributed by atoms with Crippen LogP contribution in [0.4, 0.5) is 4.39 Å². The van der Waals surface area contributed by atoms with Crippen LogP contribution in [-0.4, -0.2) is 16.2 Å². The van der Waals surface area contributed by atoms with Crippen molar-refractivity contribution in [3.63, 3.8) is 0 Å². The lowest BCUT2D eigenvalue weighted by molar-refractivity contribution is 0.0462. The average molecular weight is 297 g/mol. The number of hydrogen-bond acceptors (Lipinski definition) is 3. The zero-order chi connectivity index (χ0) is 14.5. The van der Waals surface area contributed by atoms with Gasteiger partial charge in [-0.05, 0) is 24.6 Å². The minimum atomic E-state index is -0.608. The quantitative estimate of drug-likeness (QED) is 0.859. The van der Waals surface area contributed by atoms with Gasteiger partial charge in [0.2, 0.25) is 0 Å². The van der Waals surface area contributed by atoms with E-state index in [-0.39, 0.29) is 22.9 Å². The first kappa shape index (κ1) is 14.5. The van der Waals surface area contributed by atoms with Crippen LogP contribution >= 0.6 is 11.6 Å². The Labute approximate surface area is 120 Å². The smallest absolute Gasteiger partial charge is 0.359 e. The molecule has 0 amide bonds. The predicted octanol–water partition coefficient (Wildman–Crippen LogP) is 3.51. The van der Waals surface area contributed by atoms with Crippen molar-refractivity contribution in [3.05, 3.63) is 52.1 Å². The van der Waals surface area contributed by atoms with Crippen LogP contribution in [-0.2, 0) is 17.8 Å². The number of carbonyl (C=O) groups is 1. The van der Waals surface area contributed by atoms with Crippen LogP contribution in [0.5, 0.6) is 0 Å². The highest BCUT2D eigenvalue weighted by molar-refractivity contribution is 6.31. The van der Waals surface area contributed by atoms with E-state index in [9.17, 15) is 9.18 Å². The number of benzene rings is 1. The molecule has 0 saturated heterocycles. The van der Waals surface area contributed by atoms with Gasteiger partial charge in [-0.3, -0.25) is 5.10 Å². The first-order chi connectivity index (χ1) is 9.61. The van der Waals surface area contributed by atoms with Crippen LogP contribution in [0, 0.1) is 5.82 Å². The molecule has 0 spiro atoms. The first-order valence-electron chi connectivity index (χ1n) is 6.26. The Morgan fingerprint density at radius 2 is 2.30 bits per heavy atom. The third-order valence-corrected chi connectivity index (χ3v) is 3.12. The molecule has 1 heterocycles. The summed E-state index contributed by atoms with van der Waals surface area (Å²) in [6.45, 7) is 1.80. The van der Waals surface area contributed by atoms with Crippen LogP contribution in [0.3, 0.4) is 0 Å². The van der Waals surface area contributed by atoms with Crippen LogP contribution < -0.4 is 0 Å². The highest BCUT2D eigenvalue weighted by Gasteiger charge is 2.14. The third-order valence-electron chi connectivity index (χ3n) is 2.77. The van der Waals surface area contributed by atoms with E-state index in [4.69, 9.17) is 16.3 Å². The van der Waals surface area contributed by atoms with Gasteiger partial charge >= 0.3 is 5.97 Å². The van der Waals surface area contributed by atoms with E-state index in [2.05, 4.69) is 10.2 Å². The van der Waals surface area contributed by atoms with Crippen LogP contribution in [0.1, 0.15) is 35.1 Å². The lowest BCUT2D eigenvalue weighted by Gasteiger charge is -2.06. The van der Waals surface area contributed by atoms with Gasteiger partial charge in [-0.2, -0.15) is 5.10 Å². The van der Waals surface area contributed by atoms with Crippen molar-refractivity contribution in [1.29, 1.82) is 0 Å². The Bertz CT molecular complexity index is 593. The van der Waals surface area contributed by atoms with E-state index in [1.54, 1.807) is 12.1 Å². The molecular weight excluding hydrogens is 283 g/mol. The normalized spacial score (nSPS) is 10.6. The molecule has 0 atom stereocenters. The van der Waals surface area contributed by atoms with Crippen LogP contribution in [0.15, 0.2) is 24.3 Å². The molecule has 0 unspecified atom stereocenters. The standard InChI is InChI=1S/C14H14ClFN2O2/c1-2-4-9-7-13(18-17-9)14(19)20-8-10-11(15)5-3-6-12(10)16/h3,5-7H,2,4,8H2,1H3,(H,17,18). The van der Waals surface area contributed by atoms with E-state index in [1.807, 2.05) is 6.92 Å². The summed E-state index contributed by atoms with van der Waals surface area (Å²) < 4.78 is 18.5. The number of halogens is 2. The van der Waals surface area contributed by atoms with E-state index in [1.165, 1.54) is 12.1 Å². The van der Waals surface area contributed by atoms with Crippen molar-refractivity contribution >= 4 is 17.6 Å². The van der Waals surface area contributed by atoms with Gasteiger partial charge in [0.05, 0.1) is 5.02 Å². The largest absolute Gasteiger partial charge is 0.456 e. The number of nitrogens with one attached hydrogen (secondary N) is 1. The monoisotopic (exact) mass is 296 g/mol. The molecule has 6 heteroatoms. The predicted molar refractivity (Wildman–Crippen MR) is 73.1 cm³/mol. The molecule has 0 aliphatic carbocycles. The number of hydrogen-bond donors (Lipinski definition) is 1. The molecule has 0 fully saturated rings. The van der Waals surface area contributed by atoms with Crippen molar-refractivity contribution in [2.45, 2.75) is 26.4 Å². The van der Waals surface area contributed by atoms with Gasteiger partial charge in [-0.1, -0.05) is 31.0 Å². The molecule has 0 saturated carbocycles. The molecule has 0 aliphatic rings. The molecule has 0 bridgehead atoms. The molecule has 2 aromatic rings. The third kappa shape index (κ3) is 3.36. The molecule has 1 aromatic carbocycles. The molecule has 1 N–H and O–H groups in total. The second-order valence-corrected chi connectivity index (χ2v) is 4.71. The zero-order valence-corrected chi connectivity index (χ0v) is 11.7. The summed E-state index contributed by atoms with van der Waals surface area (Å²) in [5.41, 5.74) is 1.20. The summed E-state index contributed by atoms with van der Waals surface area (Å²) in [5, 5.41) is 6.85. The van der Waals surface area contributed by atoms with Gasteiger partial charge in [0, 0.05) is 11.3 Å². The maximum absolute atomic E-state index is 13.5. The molecular formula is C14H14ClFN2O2. The molecule has 106 valence electrons. The number of ether oxygens (including phenoxy) is 1. The Morgan fingerprint density at radius 1 is 1.50 bits per heavy atom. The van der Waals surface area contributed by atoms with E-state index < -0.39 is 11.8 Å². The summed E-state index contributed by atoms with van der Waals surface area (Å²) in [6.07, 6.45) is 1.75. The number of carbonyl (C=O) groups excluding carboxylic acids is 1. The van der Waals surface area contributed by atoms with E-state index >= 15 is 0 Å². The fraction of sp³-hybridized carbons (Fsp3) is 0.286. The fourth-order valence-corrected chi connectivity index (χ4v) is 1.96. The van der Waals surface area contributed by atoms with Crippen molar-refractivity contribution in [1.82, 2.24) is 10.2 Å². The number of H-pyrrole nitrogens is 1. The Kier molecular flexibility index (Phi) is 4.74. The highest BCUT2D eigenvalue weighted by Crippen LogP contribution is 2.20. The minimum Gasteiger partial charge on any atom is -0.456 e. The van der Waals surface area contributed by atoms with Crippen LogP contribution in [0.25, 0.3) is 0 Å². The van der Waals surface area contributed by atoms with Gasteiger partial charge in [0.15, 0.2) is 5.69 Å². The lowest BCUT2D eigenvalue weighted by atomic mass is 10.2. The summed E-state index contributed by atoms with van der Waals surface area (Å²) in [6, 6.07) is 5.94. The van der Waals surface area contributed by atoms with E-state index in [0.29, 0.717) is 0 Å². The van der Waals surface area contributed by atoms with E-state index in [0.717, 1.165) is 18.5 Å². The summed E-state index contributed by atoms with van der Waals surface area (Å²) in [5.74, 6) is -1.11. The van der Waals surface area contributed by atoms with Crippen molar-refractivity contribution in [2.24, 2.45) is 0 Å². The molecule has 1 aromatic heterocycles. The second-order valence-electron chi connectivity index (χ2n) is 4.30. The summed E-state index contributed by atoms with van der Waals surface area (Å²) >= 11 is 5.85. The Hall–Kier alpha value is -1.88. The molecule has 2 rings (SSSR count). The highest BCUT2D eigenvalue weighted by atomic mass is 35.5. The number of esters is 1. The van der Waals surface area contributed by atoms with Crippen molar-refractivity contribution in [3.8, 4) is 0 Å². The second kappa shape index (κ2) is 6.52. The lowest BCUT2D eigenvalue weighted by Crippen LogP contribution is -2.07. The maximum atomic E-state index is 13.5. The summed E-state index contributed by atoms with van der Waals surface area (Å²) in [7, 11) is 0. The SMILES string of the molecule is CCCc1cc(C(=O)OCc2c(F)cccc2Cl)n[nH]1.